The first-order chi connectivity index (χ1) is 16.4. The third-order valence-corrected chi connectivity index (χ3v) is 5.57. The molecule has 1 amide bonds. The van der Waals surface area contributed by atoms with Gasteiger partial charge in [-0.15, -0.1) is 0 Å². The lowest BCUT2D eigenvalue weighted by molar-refractivity contribution is -0.142. The Labute approximate surface area is 195 Å². The molecule has 4 N–H and O–H groups in total. The minimum absolute atomic E-state index is 0.159. The van der Waals surface area contributed by atoms with Crippen LogP contribution in [-0.2, 0) is 11.3 Å². The first-order valence-corrected chi connectivity index (χ1v) is 10.9. The first kappa shape index (κ1) is 21.6. The highest BCUT2D eigenvalue weighted by atomic mass is 16.3. The van der Waals surface area contributed by atoms with Crippen LogP contribution < -0.4 is 15.5 Å². The number of carbonyl (C=O) groups is 1. The molecule has 11 nitrogen and oxygen atoms in total. The van der Waals surface area contributed by atoms with Crippen LogP contribution in [0.25, 0.3) is 5.82 Å². The first-order valence-electron chi connectivity index (χ1n) is 10.9. The van der Waals surface area contributed by atoms with E-state index >= 15 is 0 Å². The van der Waals surface area contributed by atoms with Crippen LogP contribution in [0.4, 0.5) is 17.5 Å². The number of nitrogens with zero attached hydrogens (tertiary/aromatic N) is 6. The number of hydrogen-bond acceptors (Lipinski definition) is 8. The summed E-state index contributed by atoms with van der Waals surface area (Å²) in [5.41, 5.74) is 1.30. The lowest BCUT2D eigenvalue weighted by atomic mass is 9.93. The van der Waals surface area contributed by atoms with E-state index in [1.54, 1.807) is 17.1 Å². The molecule has 1 saturated heterocycles. The van der Waals surface area contributed by atoms with Crippen LogP contribution in [0.1, 0.15) is 16.8 Å². The summed E-state index contributed by atoms with van der Waals surface area (Å²) in [6, 6.07) is 11.2. The molecule has 1 fully saturated rings. The van der Waals surface area contributed by atoms with Gasteiger partial charge in [-0.25, -0.2) is 14.6 Å². The molecule has 4 aromatic rings. The van der Waals surface area contributed by atoms with Crippen LogP contribution in [-0.4, -0.2) is 59.7 Å². The maximum atomic E-state index is 12.7. The number of anilines is 3. The van der Waals surface area contributed by atoms with Crippen molar-refractivity contribution in [3.8, 4) is 5.82 Å². The summed E-state index contributed by atoms with van der Waals surface area (Å²) in [5.74, 6) is 2.28. The summed E-state index contributed by atoms with van der Waals surface area (Å²) in [7, 11) is 0. The number of carbonyl (C=O) groups excluding carboxylic acids is 1. The van der Waals surface area contributed by atoms with Gasteiger partial charge in [-0.1, -0.05) is 6.07 Å². The SMILES string of the molecule is Cc1cc(Nc2cc(C)[nH]n2)nc(N2CC(O)(C(=O)NCc3ccc(-n4cccn4)nc3)C2)c1. The topological polar surface area (TPSA) is 137 Å². The fraction of sp³-hybridized carbons (Fsp3) is 0.261. The molecule has 4 aromatic heterocycles. The van der Waals surface area contributed by atoms with Gasteiger partial charge in [0.2, 0.25) is 0 Å². The number of hydrogen-bond donors (Lipinski definition) is 4. The van der Waals surface area contributed by atoms with Gasteiger partial charge in [-0.3, -0.25) is 9.89 Å². The van der Waals surface area contributed by atoms with Crippen LogP contribution >= 0.6 is 0 Å². The maximum absolute atomic E-state index is 12.7. The van der Waals surface area contributed by atoms with E-state index in [2.05, 4.69) is 35.9 Å². The summed E-state index contributed by atoms with van der Waals surface area (Å²) in [6.45, 7) is 4.48. The van der Waals surface area contributed by atoms with E-state index in [9.17, 15) is 9.90 Å². The fourth-order valence-electron chi connectivity index (χ4n) is 3.79. The van der Waals surface area contributed by atoms with Crippen LogP contribution in [0.3, 0.4) is 0 Å². The molecule has 0 aromatic carbocycles. The van der Waals surface area contributed by atoms with Gasteiger partial charge in [0.15, 0.2) is 17.2 Å². The Morgan fingerprint density at radius 2 is 2.03 bits per heavy atom. The number of H-pyrrole nitrogens is 1. The summed E-state index contributed by atoms with van der Waals surface area (Å²) in [4.78, 5) is 23.5. The van der Waals surface area contributed by atoms with Gasteiger partial charge in [0.05, 0.1) is 13.1 Å². The Morgan fingerprint density at radius 1 is 1.18 bits per heavy atom. The second-order valence-corrected chi connectivity index (χ2v) is 8.49. The zero-order valence-corrected chi connectivity index (χ0v) is 18.9. The van der Waals surface area contributed by atoms with Gasteiger partial charge in [-0.05, 0) is 49.2 Å². The van der Waals surface area contributed by atoms with Crippen LogP contribution in [0, 0.1) is 13.8 Å². The Morgan fingerprint density at radius 3 is 2.71 bits per heavy atom. The van der Waals surface area contributed by atoms with Crippen LogP contribution in [0.2, 0.25) is 0 Å². The number of pyridine rings is 2. The highest BCUT2D eigenvalue weighted by Gasteiger charge is 2.48. The Balaban J connectivity index is 1.17. The molecular weight excluding hydrogens is 434 g/mol. The summed E-state index contributed by atoms with van der Waals surface area (Å²) in [6.07, 6.45) is 5.17. The number of aliphatic hydroxyl groups is 1. The molecule has 174 valence electrons. The standard InChI is InChI=1S/C23H25N9O2/c1-15-8-18(27-19-10-16(2)29-30-19)28-21(9-15)31-13-23(34,14-31)22(33)25-12-17-4-5-20(24-11-17)32-7-3-6-26-32/h3-11,34H,12-14H2,1-2H3,(H,25,33)(H2,27,28,29,30). The lowest BCUT2D eigenvalue weighted by Gasteiger charge is -2.45. The molecule has 0 aliphatic carbocycles. The third-order valence-electron chi connectivity index (χ3n) is 5.57. The molecule has 11 heteroatoms. The van der Waals surface area contributed by atoms with Crippen molar-refractivity contribution in [1.29, 1.82) is 0 Å². The van der Waals surface area contributed by atoms with Crippen molar-refractivity contribution in [2.45, 2.75) is 26.0 Å². The van der Waals surface area contributed by atoms with E-state index in [-0.39, 0.29) is 19.6 Å². The van der Waals surface area contributed by atoms with Crippen molar-refractivity contribution >= 4 is 23.4 Å². The van der Waals surface area contributed by atoms with Crippen LogP contribution in [0.5, 0.6) is 0 Å². The molecular formula is C23H25N9O2. The average molecular weight is 460 g/mol. The van der Waals surface area contributed by atoms with E-state index < -0.39 is 11.5 Å². The predicted molar refractivity (Wildman–Crippen MR) is 126 cm³/mol. The molecule has 5 heterocycles. The van der Waals surface area contributed by atoms with E-state index in [0.29, 0.717) is 23.3 Å². The van der Waals surface area contributed by atoms with E-state index in [1.165, 1.54) is 0 Å². The van der Waals surface area contributed by atoms with Crippen molar-refractivity contribution in [3.63, 3.8) is 0 Å². The van der Waals surface area contributed by atoms with Crippen LogP contribution in [0.15, 0.2) is 55.0 Å². The van der Waals surface area contributed by atoms with E-state index in [0.717, 1.165) is 16.8 Å². The minimum Gasteiger partial charge on any atom is -0.377 e. The number of aryl methyl sites for hydroxylation is 2. The fourth-order valence-corrected chi connectivity index (χ4v) is 3.79. The van der Waals surface area contributed by atoms with Crippen molar-refractivity contribution in [2.24, 2.45) is 0 Å². The Kier molecular flexibility index (Phi) is 5.46. The monoisotopic (exact) mass is 459 g/mol. The van der Waals surface area contributed by atoms with Gasteiger partial charge in [0.1, 0.15) is 11.6 Å². The largest absolute Gasteiger partial charge is 0.377 e. The number of rotatable bonds is 7. The number of aromatic nitrogens is 6. The molecule has 1 aliphatic heterocycles. The second-order valence-electron chi connectivity index (χ2n) is 8.49. The van der Waals surface area contributed by atoms with Crippen molar-refractivity contribution in [3.05, 3.63) is 71.8 Å². The number of nitrogens with one attached hydrogen (secondary N) is 3. The van der Waals surface area contributed by atoms with Gasteiger partial charge in [0, 0.05) is 36.9 Å². The number of amides is 1. The van der Waals surface area contributed by atoms with Gasteiger partial charge >= 0.3 is 0 Å². The normalized spacial score (nSPS) is 14.5. The highest BCUT2D eigenvalue weighted by Crippen LogP contribution is 2.29. The molecule has 0 atom stereocenters. The molecule has 0 bridgehead atoms. The van der Waals surface area contributed by atoms with Crippen molar-refractivity contribution in [1.82, 2.24) is 35.3 Å². The summed E-state index contributed by atoms with van der Waals surface area (Å²) < 4.78 is 1.66. The molecule has 0 saturated carbocycles. The molecule has 5 rings (SSSR count). The van der Waals surface area contributed by atoms with Crippen molar-refractivity contribution in [2.75, 3.05) is 23.3 Å². The van der Waals surface area contributed by atoms with E-state index in [4.69, 9.17) is 0 Å². The summed E-state index contributed by atoms with van der Waals surface area (Å²) in [5, 5.41) is 28.0. The third kappa shape index (κ3) is 4.46. The Hall–Kier alpha value is -4.25. The van der Waals surface area contributed by atoms with Crippen molar-refractivity contribution < 1.29 is 9.90 Å². The molecule has 1 aliphatic rings. The quantitative estimate of drug-likeness (QED) is 0.327. The molecule has 0 radical (unpaired) electrons. The molecule has 0 unspecified atom stereocenters. The predicted octanol–water partition coefficient (Wildman–Crippen LogP) is 1.61. The second kappa shape index (κ2) is 8.60. The van der Waals surface area contributed by atoms with Gasteiger partial charge in [-0.2, -0.15) is 10.2 Å². The number of β-amino-alcohol motifs (C(OH)–C–C–N with tert-alkyl or cyclic N) is 1. The zero-order chi connectivity index (χ0) is 23.7. The van der Waals surface area contributed by atoms with E-state index in [1.807, 2.05) is 61.3 Å². The maximum Gasteiger partial charge on any atom is 0.255 e. The summed E-state index contributed by atoms with van der Waals surface area (Å²) >= 11 is 0. The molecule has 34 heavy (non-hydrogen) atoms. The van der Waals surface area contributed by atoms with Gasteiger partial charge in [0.25, 0.3) is 5.91 Å². The highest BCUT2D eigenvalue weighted by molar-refractivity contribution is 5.88. The average Bonchev–Trinajstić information content (AvgIpc) is 3.47. The smallest absolute Gasteiger partial charge is 0.255 e. The minimum atomic E-state index is -1.47. The molecule has 0 spiro atoms. The lowest BCUT2D eigenvalue weighted by Crippen LogP contribution is -2.69. The Bertz CT molecular complexity index is 1290. The number of aromatic amines is 1. The van der Waals surface area contributed by atoms with Gasteiger partial charge < -0.3 is 20.6 Å². The zero-order valence-electron chi connectivity index (χ0n) is 18.9.